The van der Waals surface area contributed by atoms with Crippen LogP contribution in [-0.2, 0) is 22.9 Å². The third-order valence-corrected chi connectivity index (χ3v) is 8.96. The molecule has 1 aliphatic heterocycles. The highest BCUT2D eigenvalue weighted by atomic mass is 32.2. The summed E-state index contributed by atoms with van der Waals surface area (Å²) in [7, 11) is -3.90. The summed E-state index contributed by atoms with van der Waals surface area (Å²) in [6.45, 7) is 6.37. The second-order valence-electron chi connectivity index (χ2n) is 9.50. The molecular weight excluding hydrogens is 524 g/mol. The maximum absolute atomic E-state index is 13.6. The number of ether oxygens (including phenoxy) is 1. The predicted molar refractivity (Wildman–Crippen MR) is 146 cm³/mol. The van der Waals surface area contributed by atoms with Gasteiger partial charge in [0.25, 0.3) is 11.8 Å². The van der Waals surface area contributed by atoms with Crippen LogP contribution in [0.1, 0.15) is 88.9 Å². The van der Waals surface area contributed by atoms with Crippen LogP contribution >= 0.6 is 0 Å². The number of carbonyl (C=O) groups is 3. The van der Waals surface area contributed by atoms with Gasteiger partial charge in [0.05, 0.1) is 22.8 Å². The molecule has 12 heteroatoms. The molecule has 0 bridgehead atoms. The summed E-state index contributed by atoms with van der Waals surface area (Å²) >= 11 is 0. The number of carbonyl (C=O) groups excluding carboxylic acids is 3. The van der Waals surface area contributed by atoms with E-state index in [0.717, 1.165) is 0 Å². The lowest BCUT2D eigenvalue weighted by atomic mass is 9.95. The predicted octanol–water partition coefficient (Wildman–Crippen LogP) is 2.48. The first-order chi connectivity index (χ1) is 18.6. The van der Waals surface area contributed by atoms with E-state index in [9.17, 15) is 27.9 Å². The van der Waals surface area contributed by atoms with Gasteiger partial charge in [-0.1, -0.05) is 20.3 Å². The number of aliphatic hydroxyl groups excluding tert-OH is 1. The number of nitrogens with one attached hydrogen (secondary N) is 1. The van der Waals surface area contributed by atoms with Gasteiger partial charge in [0, 0.05) is 25.3 Å². The van der Waals surface area contributed by atoms with Crippen molar-refractivity contribution >= 4 is 28.1 Å². The molecule has 0 radical (unpaired) electrons. The van der Waals surface area contributed by atoms with E-state index < -0.39 is 21.8 Å². The summed E-state index contributed by atoms with van der Waals surface area (Å²) in [6.07, 6.45) is 3.96. The zero-order valence-corrected chi connectivity index (χ0v) is 23.6. The molecule has 0 aliphatic carbocycles. The zero-order valence-electron chi connectivity index (χ0n) is 22.7. The van der Waals surface area contributed by atoms with Gasteiger partial charge < -0.3 is 15.6 Å². The van der Waals surface area contributed by atoms with Gasteiger partial charge in [-0.25, -0.2) is 8.42 Å². The molecule has 4 N–H and O–H groups in total. The van der Waals surface area contributed by atoms with Crippen molar-refractivity contribution in [1.29, 1.82) is 0 Å². The van der Waals surface area contributed by atoms with E-state index in [4.69, 9.17) is 10.5 Å². The fourth-order valence-corrected chi connectivity index (χ4v) is 6.61. The van der Waals surface area contributed by atoms with Gasteiger partial charge in [-0.15, -0.1) is 0 Å². The second kappa shape index (κ2) is 13.2. The molecule has 0 spiro atoms. The van der Waals surface area contributed by atoms with Crippen molar-refractivity contribution in [3.63, 3.8) is 0 Å². The molecule has 1 aromatic heterocycles. The summed E-state index contributed by atoms with van der Waals surface area (Å²) in [5.41, 5.74) is 9.48. The van der Waals surface area contributed by atoms with Crippen molar-refractivity contribution in [2.24, 2.45) is 11.7 Å². The molecule has 0 atom stereocenters. The Labute approximate surface area is 229 Å². The Bertz CT molecular complexity index is 1310. The molecule has 3 rings (SSSR count). The van der Waals surface area contributed by atoms with Gasteiger partial charge in [-0.2, -0.15) is 4.31 Å². The molecule has 214 valence electrons. The first-order valence-corrected chi connectivity index (χ1v) is 14.8. The number of nitrogens with two attached hydrogens (primary N) is 1. The Morgan fingerprint density at radius 3 is 2.44 bits per heavy atom. The Balaban J connectivity index is 2.03. The third kappa shape index (κ3) is 6.34. The van der Waals surface area contributed by atoms with Crippen LogP contribution in [0, 0.1) is 5.92 Å². The number of sulfonamides is 1. The number of piperidine rings is 1. The van der Waals surface area contributed by atoms with Crippen molar-refractivity contribution in [1.82, 2.24) is 8.98 Å². The molecule has 1 aliphatic rings. The molecular formula is C27H38N4O7S. The van der Waals surface area contributed by atoms with Gasteiger partial charge in [0.15, 0.2) is 6.29 Å². The highest BCUT2D eigenvalue weighted by Crippen LogP contribution is 2.30. The number of amides is 2. The maximum Gasteiger partial charge on any atom is 0.273 e. The molecule has 2 aromatic rings. The SMILES string of the molecule is CCCc1c(C=O)c(CC)c(C(N)=O)n1NC(=O)c1cc(S(=O)(=O)N2CCC(CCO)CC2)ccc1OCC. The minimum absolute atomic E-state index is 0.00360. The van der Waals surface area contributed by atoms with Crippen molar-refractivity contribution in [2.45, 2.75) is 64.2 Å². The van der Waals surface area contributed by atoms with Crippen molar-refractivity contribution < 1.29 is 32.6 Å². The highest BCUT2D eigenvalue weighted by Gasteiger charge is 2.31. The van der Waals surface area contributed by atoms with E-state index in [1.54, 1.807) is 13.8 Å². The van der Waals surface area contributed by atoms with Crippen LogP contribution < -0.4 is 15.9 Å². The fourth-order valence-electron chi connectivity index (χ4n) is 5.11. The average Bonchev–Trinajstić information content (AvgIpc) is 3.21. The fraction of sp³-hybridized carbons (Fsp3) is 0.519. The lowest BCUT2D eigenvalue weighted by molar-refractivity contribution is 0.0985. The quantitative estimate of drug-likeness (QED) is 0.316. The van der Waals surface area contributed by atoms with E-state index in [-0.39, 0.29) is 41.0 Å². The monoisotopic (exact) mass is 562 g/mol. The van der Waals surface area contributed by atoms with Crippen LogP contribution in [0.25, 0.3) is 0 Å². The number of hydrogen-bond donors (Lipinski definition) is 3. The van der Waals surface area contributed by atoms with Crippen LogP contribution in [0.15, 0.2) is 23.1 Å². The largest absolute Gasteiger partial charge is 0.493 e. The summed E-state index contributed by atoms with van der Waals surface area (Å²) in [6, 6.07) is 4.11. The first kappa shape index (κ1) is 30.3. The molecule has 39 heavy (non-hydrogen) atoms. The number of aromatic nitrogens is 1. The normalized spacial score (nSPS) is 14.8. The Kier molecular flexibility index (Phi) is 10.3. The molecule has 2 amide bonds. The molecule has 0 unspecified atom stereocenters. The van der Waals surface area contributed by atoms with Crippen LogP contribution in [0.2, 0.25) is 0 Å². The van der Waals surface area contributed by atoms with Crippen molar-refractivity contribution in [3.8, 4) is 5.75 Å². The Hall–Kier alpha value is -3.22. The summed E-state index contributed by atoms with van der Waals surface area (Å²) in [4.78, 5) is 37.9. The van der Waals surface area contributed by atoms with Gasteiger partial charge in [0.1, 0.15) is 11.4 Å². The lowest BCUT2D eigenvalue weighted by Gasteiger charge is -2.31. The molecule has 11 nitrogen and oxygen atoms in total. The van der Waals surface area contributed by atoms with Gasteiger partial charge in [-0.3, -0.25) is 24.5 Å². The van der Waals surface area contributed by atoms with E-state index in [2.05, 4.69) is 5.43 Å². The number of rotatable bonds is 13. The van der Waals surface area contributed by atoms with Crippen LogP contribution in [0.5, 0.6) is 5.75 Å². The number of primary amides is 1. The molecule has 0 saturated carbocycles. The van der Waals surface area contributed by atoms with Crippen LogP contribution in [0.3, 0.4) is 0 Å². The number of benzene rings is 1. The van der Waals surface area contributed by atoms with Crippen molar-refractivity contribution in [2.75, 3.05) is 31.7 Å². The first-order valence-electron chi connectivity index (χ1n) is 13.3. The van der Waals surface area contributed by atoms with Gasteiger partial charge in [-0.05, 0) is 68.7 Å². The van der Waals surface area contributed by atoms with E-state index in [1.165, 1.54) is 27.2 Å². The van der Waals surface area contributed by atoms with E-state index in [0.29, 0.717) is 74.7 Å². The lowest BCUT2D eigenvalue weighted by Crippen LogP contribution is -2.38. The van der Waals surface area contributed by atoms with Gasteiger partial charge >= 0.3 is 0 Å². The van der Waals surface area contributed by atoms with Gasteiger partial charge in [0.2, 0.25) is 10.0 Å². The highest BCUT2D eigenvalue weighted by molar-refractivity contribution is 7.89. The van der Waals surface area contributed by atoms with E-state index in [1.807, 2.05) is 6.92 Å². The molecule has 1 saturated heterocycles. The Morgan fingerprint density at radius 2 is 1.90 bits per heavy atom. The standard InChI is InChI=1S/C27H38N4O7S/c1-4-7-23-22(17-33)20(5-2)25(26(28)34)31(23)29-27(35)21-16-19(8-9-24(21)38-6-3)39(36,37)30-13-10-18(11-14-30)12-15-32/h8-9,16-18,32H,4-7,10-15H2,1-3H3,(H2,28,34)(H,29,35). The molecule has 1 aromatic carbocycles. The molecule has 2 heterocycles. The topological polar surface area (TPSA) is 161 Å². The smallest absolute Gasteiger partial charge is 0.273 e. The zero-order chi connectivity index (χ0) is 28.7. The summed E-state index contributed by atoms with van der Waals surface area (Å²) in [5.74, 6) is -1.08. The summed E-state index contributed by atoms with van der Waals surface area (Å²) < 4.78 is 35.2. The maximum atomic E-state index is 13.6. The van der Waals surface area contributed by atoms with Crippen molar-refractivity contribution in [3.05, 3.63) is 46.3 Å². The second-order valence-corrected chi connectivity index (χ2v) is 11.4. The molecule has 1 fully saturated rings. The summed E-state index contributed by atoms with van der Waals surface area (Å²) in [5, 5.41) is 9.19. The number of aliphatic hydroxyl groups is 1. The Morgan fingerprint density at radius 1 is 1.21 bits per heavy atom. The third-order valence-electron chi connectivity index (χ3n) is 7.06. The van der Waals surface area contributed by atoms with Crippen LogP contribution in [0.4, 0.5) is 0 Å². The minimum atomic E-state index is -3.90. The minimum Gasteiger partial charge on any atom is -0.493 e. The van der Waals surface area contributed by atoms with Crippen LogP contribution in [-0.4, -0.2) is 66.9 Å². The number of nitrogens with zero attached hydrogens (tertiary/aromatic N) is 2. The number of aldehydes is 1. The average molecular weight is 563 g/mol. The van der Waals surface area contributed by atoms with E-state index >= 15 is 0 Å². The number of hydrogen-bond acceptors (Lipinski definition) is 7.